The Balaban J connectivity index is 1.76. The molecule has 5 heteroatoms. The zero-order valence-electron chi connectivity index (χ0n) is 12.7. The maximum atomic E-state index is 11.8. The van der Waals surface area contributed by atoms with Gasteiger partial charge < -0.3 is 15.4 Å². The second kappa shape index (κ2) is 7.71. The van der Waals surface area contributed by atoms with Crippen molar-refractivity contribution in [1.29, 1.82) is 0 Å². The number of benzene rings is 2. The molecule has 0 aliphatic heterocycles. The molecule has 0 fully saturated rings. The lowest BCUT2D eigenvalue weighted by molar-refractivity contribution is 0.247. The minimum Gasteiger partial charge on any atom is -0.491 e. The van der Waals surface area contributed by atoms with Gasteiger partial charge in [-0.05, 0) is 43.2 Å². The molecule has 0 aliphatic carbocycles. The van der Waals surface area contributed by atoms with E-state index in [-0.39, 0.29) is 6.03 Å². The molecule has 0 saturated heterocycles. The maximum Gasteiger partial charge on any atom is 0.319 e. The number of hydrogen-bond acceptors (Lipinski definition) is 2. The zero-order chi connectivity index (χ0) is 15.9. The molecule has 0 aliphatic rings. The monoisotopic (exact) mass is 318 g/mol. The van der Waals surface area contributed by atoms with Gasteiger partial charge in [0.15, 0.2) is 0 Å². The molecule has 0 aromatic heterocycles. The third-order valence-electron chi connectivity index (χ3n) is 3.25. The lowest BCUT2D eigenvalue weighted by Crippen LogP contribution is -2.32. The Morgan fingerprint density at radius 2 is 1.91 bits per heavy atom. The van der Waals surface area contributed by atoms with Crippen molar-refractivity contribution in [2.75, 3.05) is 18.5 Å². The minimum absolute atomic E-state index is 0.279. The number of halogens is 1. The van der Waals surface area contributed by atoms with Gasteiger partial charge in [0.2, 0.25) is 0 Å². The van der Waals surface area contributed by atoms with Crippen molar-refractivity contribution >= 4 is 23.3 Å². The van der Waals surface area contributed by atoms with Gasteiger partial charge in [0.25, 0.3) is 0 Å². The zero-order valence-corrected chi connectivity index (χ0v) is 13.4. The van der Waals surface area contributed by atoms with Crippen LogP contribution in [-0.4, -0.2) is 19.2 Å². The Bertz CT molecular complexity index is 659. The molecule has 2 aromatic carbocycles. The molecular weight excluding hydrogens is 300 g/mol. The van der Waals surface area contributed by atoms with Crippen molar-refractivity contribution in [3.63, 3.8) is 0 Å². The average Bonchev–Trinajstić information content (AvgIpc) is 2.50. The normalized spacial score (nSPS) is 10.1. The Labute approximate surface area is 135 Å². The molecule has 22 heavy (non-hydrogen) atoms. The molecule has 2 amide bonds. The number of hydrogen-bond donors (Lipinski definition) is 2. The molecule has 2 rings (SSSR count). The first-order chi connectivity index (χ1) is 10.6. The lowest BCUT2D eigenvalue weighted by Gasteiger charge is -2.12. The predicted octanol–water partition coefficient (Wildman–Crippen LogP) is 4.16. The van der Waals surface area contributed by atoms with Crippen molar-refractivity contribution in [3.8, 4) is 5.75 Å². The van der Waals surface area contributed by atoms with Crippen LogP contribution in [0.1, 0.15) is 11.1 Å². The second-order valence-corrected chi connectivity index (χ2v) is 5.31. The summed E-state index contributed by atoms with van der Waals surface area (Å²) in [5.41, 5.74) is 2.61. The molecule has 0 atom stereocenters. The maximum absolute atomic E-state index is 11.8. The van der Waals surface area contributed by atoms with Crippen LogP contribution in [-0.2, 0) is 0 Å². The fraction of sp³-hybridized carbons (Fsp3) is 0.235. The number of anilines is 1. The fourth-order valence-corrected chi connectivity index (χ4v) is 2.13. The molecule has 0 saturated carbocycles. The van der Waals surface area contributed by atoms with Crippen LogP contribution in [0.2, 0.25) is 5.02 Å². The summed E-state index contributed by atoms with van der Waals surface area (Å²) >= 11 is 6.02. The van der Waals surface area contributed by atoms with E-state index in [2.05, 4.69) is 10.6 Å². The van der Waals surface area contributed by atoms with Crippen LogP contribution < -0.4 is 15.4 Å². The topological polar surface area (TPSA) is 50.4 Å². The predicted molar refractivity (Wildman–Crippen MR) is 89.9 cm³/mol. The summed E-state index contributed by atoms with van der Waals surface area (Å²) in [7, 11) is 0. The van der Waals surface area contributed by atoms with Crippen LogP contribution in [0.5, 0.6) is 5.75 Å². The van der Waals surface area contributed by atoms with Crippen molar-refractivity contribution in [2.45, 2.75) is 13.8 Å². The summed E-state index contributed by atoms with van der Waals surface area (Å²) in [6.45, 7) is 4.67. The van der Waals surface area contributed by atoms with Crippen LogP contribution in [0.15, 0.2) is 42.5 Å². The summed E-state index contributed by atoms with van der Waals surface area (Å²) in [6, 6.07) is 12.9. The van der Waals surface area contributed by atoms with E-state index in [4.69, 9.17) is 16.3 Å². The van der Waals surface area contributed by atoms with Crippen LogP contribution in [0.4, 0.5) is 10.5 Å². The summed E-state index contributed by atoms with van der Waals surface area (Å²) in [5.74, 6) is 0.829. The molecule has 0 spiro atoms. The Morgan fingerprint density at radius 3 is 2.68 bits per heavy atom. The van der Waals surface area contributed by atoms with Gasteiger partial charge in [-0.15, -0.1) is 0 Å². The van der Waals surface area contributed by atoms with Crippen LogP contribution in [0.25, 0.3) is 0 Å². The first kappa shape index (κ1) is 16.2. The molecule has 2 N–H and O–H groups in total. The van der Waals surface area contributed by atoms with Gasteiger partial charge in [-0.1, -0.05) is 35.9 Å². The molecule has 0 radical (unpaired) electrons. The SMILES string of the molecule is Cc1ccccc1OCCNC(=O)Nc1cccc(Cl)c1C. The summed E-state index contributed by atoms with van der Waals surface area (Å²) < 4.78 is 5.62. The number of aryl methyl sites for hydroxylation is 1. The van der Waals surface area contributed by atoms with E-state index in [1.165, 1.54) is 0 Å². The molecule has 116 valence electrons. The highest BCUT2D eigenvalue weighted by Gasteiger charge is 2.06. The smallest absolute Gasteiger partial charge is 0.319 e. The van der Waals surface area contributed by atoms with Gasteiger partial charge in [0.1, 0.15) is 12.4 Å². The number of carbonyl (C=O) groups excluding carboxylic acids is 1. The molecule has 0 bridgehead atoms. The van der Waals surface area contributed by atoms with Crippen LogP contribution in [0, 0.1) is 13.8 Å². The quantitative estimate of drug-likeness (QED) is 0.813. The Hall–Kier alpha value is -2.20. The highest BCUT2D eigenvalue weighted by molar-refractivity contribution is 6.31. The van der Waals surface area contributed by atoms with Crippen LogP contribution >= 0.6 is 11.6 Å². The molecule has 0 unspecified atom stereocenters. The molecule has 2 aromatic rings. The van der Waals surface area contributed by atoms with Crippen molar-refractivity contribution in [1.82, 2.24) is 5.32 Å². The van der Waals surface area contributed by atoms with E-state index in [1.54, 1.807) is 12.1 Å². The molecular formula is C17H19ClN2O2. The molecule has 4 nitrogen and oxygen atoms in total. The number of rotatable bonds is 5. The van der Waals surface area contributed by atoms with Gasteiger partial charge in [-0.2, -0.15) is 0 Å². The number of nitrogens with one attached hydrogen (secondary N) is 2. The Kier molecular flexibility index (Phi) is 5.67. The third kappa shape index (κ3) is 4.40. The van der Waals surface area contributed by atoms with Crippen molar-refractivity contribution in [3.05, 3.63) is 58.6 Å². The first-order valence-corrected chi connectivity index (χ1v) is 7.44. The number of para-hydroxylation sites is 1. The van der Waals surface area contributed by atoms with Gasteiger partial charge in [0.05, 0.1) is 6.54 Å². The summed E-state index contributed by atoms with van der Waals surface area (Å²) in [4.78, 5) is 11.8. The number of ether oxygens (including phenoxy) is 1. The highest BCUT2D eigenvalue weighted by Crippen LogP contribution is 2.22. The second-order valence-electron chi connectivity index (χ2n) is 4.91. The lowest BCUT2D eigenvalue weighted by atomic mass is 10.2. The fourth-order valence-electron chi connectivity index (χ4n) is 1.95. The van der Waals surface area contributed by atoms with Gasteiger partial charge in [-0.25, -0.2) is 4.79 Å². The standard InChI is InChI=1S/C17H19ClN2O2/c1-12-6-3-4-9-16(12)22-11-10-19-17(21)20-15-8-5-7-14(18)13(15)2/h3-9H,10-11H2,1-2H3,(H2,19,20,21). The summed E-state index contributed by atoms with van der Waals surface area (Å²) in [5, 5.41) is 6.15. The Morgan fingerprint density at radius 1 is 1.14 bits per heavy atom. The van der Waals surface area contributed by atoms with Crippen molar-refractivity contribution in [2.24, 2.45) is 0 Å². The number of urea groups is 1. The minimum atomic E-state index is -0.279. The van der Waals surface area contributed by atoms with Crippen LogP contribution in [0.3, 0.4) is 0 Å². The van der Waals surface area contributed by atoms with E-state index >= 15 is 0 Å². The van der Waals surface area contributed by atoms with Gasteiger partial charge >= 0.3 is 6.03 Å². The van der Waals surface area contributed by atoms with E-state index in [1.807, 2.05) is 44.2 Å². The van der Waals surface area contributed by atoms with Gasteiger partial charge in [-0.3, -0.25) is 0 Å². The average molecular weight is 319 g/mol. The number of carbonyl (C=O) groups is 1. The van der Waals surface area contributed by atoms with E-state index in [0.717, 1.165) is 16.9 Å². The van der Waals surface area contributed by atoms with Gasteiger partial charge in [0, 0.05) is 10.7 Å². The largest absolute Gasteiger partial charge is 0.491 e. The van der Waals surface area contributed by atoms with E-state index in [0.29, 0.717) is 23.9 Å². The summed E-state index contributed by atoms with van der Waals surface area (Å²) in [6.07, 6.45) is 0. The number of amides is 2. The third-order valence-corrected chi connectivity index (χ3v) is 3.66. The van der Waals surface area contributed by atoms with E-state index in [9.17, 15) is 4.79 Å². The van der Waals surface area contributed by atoms with E-state index < -0.39 is 0 Å². The van der Waals surface area contributed by atoms with Crippen molar-refractivity contribution < 1.29 is 9.53 Å². The highest BCUT2D eigenvalue weighted by atomic mass is 35.5. The first-order valence-electron chi connectivity index (χ1n) is 7.06. The molecule has 0 heterocycles.